The van der Waals surface area contributed by atoms with E-state index >= 15 is 0 Å². The van der Waals surface area contributed by atoms with E-state index in [4.69, 9.17) is 4.98 Å². The Kier molecular flexibility index (Phi) is 13.8. The number of piperazine rings is 1. The third-order valence-corrected chi connectivity index (χ3v) is 12.4. The van der Waals surface area contributed by atoms with Crippen molar-refractivity contribution in [3.63, 3.8) is 0 Å². The van der Waals surface area contributed by atoms with Crippen LogP contribution < -0.4 is 31.7 Å². The monoisotopic (exact) mass is 847 g/mol. The number of ketones is 1. The summed E-state index contributed by atoms with van der Waals surface area (Å²) in [6.07, 6.45) is 9.78. The van der Waals surface area contributed by atoms with Crippen molar-refractivity contribution in [2.45, 2.75) is 85.1 Å². The van der Waals surface area contributed by atoms with E-state index in [0.717, 1.165) is 81.0 Å². The zero-order valence-electron chi connectivity index (χ0n) is 35.2. The molecule has 4 aromatic heterocycles. The number of Topliss-reactive ketones (excluding diaryl/α,β-unsaturated/α-hetero) is 1. The molecule has 1 aliphatic carbocycles. The van der Waals surface area contributed by atoms with E-state index in [2.05, 4.69) is 46.0 Å². The van der Waals surface area contributed by atoms with Gasteiger partial charge in [-0.3, -0.25) is 38.8 Å². The first-order chi connectivity index (χ1) is 29.4. The number of amides is 3. The predicted molar refractivity (Wildman–Crippen MR) is 238 cm³/mol. The molecule has 0 unspecified atom stereocenters. The molecule has 0 radical (unpaired) electrons. The predicted octanol–water partition coefficient (Wildman–Crippen LogP) is 6.32. The Morgan fingerprint density at radius 2 is 1.62 bits per heavy atom. The van der Waals surface area contributed by atoms with E-state index in [1.165, 1.54) is 18.3 Å². The number of fused-ring (bicyclic) bond motifs is 1. The third-order valence-electron chi connectivity index (χ3n) is 11.4. The van der Waals surface area contributed by atoms with Crippen LogP contribution in [0.25, 0.3) is 11.0 Å². The molecule has 3 amide bonds. The van der Waals surface area contributed by atoms with Gasteiger partial charge in [0.25, 0.3) is 11.5 Å². The average Bonchev–Trinajstić information content (AvgIpc) is 3.88. The lowest BCUT2D eigenvalue weighted by molar-refractivity contribution is -0.122. The summed E-state index contributed by atoms with van der Waals surface area (Å²) in [5.74, 6) is 0.115. The minimum absolute atomic E-state index is 0.00281. The Balaban J connectivity index is 0.812. The number of carbonyl (C=O) groups is 4. The molecule has 2 fully saturated rings. The summed E-state index contributed by atoms with van der Waals surface area (Å²) in [5, 5.41) is 13.1. The zero-order valence-corrected chi connectivity index (χ0v) is 36.0. The second-order valence-electron chi connectivity index (χ2n) is 15.8. The highest BCUT2D eigenvalue weighted by molar-refractivity contribution is 7.15. The van der Waals surface area contributed by atoms with Crippen molar-refractivity contribution in [1.29, 1.82) is 0 Å². The van der Waals surface area contributed by atoms with Crippen LogP contribution >= 0.6 is 11.3 Å². The maximum absolute atomic E-state index is 13.6. The van der Waals surface area contributed by atoms with Gasteiger partial charge in [0.2, 0.25) is 17.8 Å². The second-order valence-corrected chi connectivity index (χ2v) is 17.0. The molecule has 0 bridgehead atoms. The smallest absolute Gasteiger partial charge is 0.263 e. The number of hydrogen-bond donors (Lipinski definition) is 4. The Morgan fingerprint density at radius 3 is 2.33 bits per heavy atom. The van der Waals surface area contributed by atoms with Crippen molar-refractivity contribution in [3.05, 3.63) is 86.4 Å². The van der Waals surface area contributed by atoms with Gasteiger partial charge in [0.05, 0.1) is 40.9 Å². The SMILES string of the molecule is CC(=O)c1c(C)c2cnc(Nc3ccc(N4CCN(CC(=O)NCCCCCC(=O)Nc5ccccc5C(=O)Nc5nc(C)c(C)s5)CC4)cn3)nc2n(C2CCCC2)c1=O. The summed E-state index contributed by atoms with van der Waals surface area (Å²) >= 11 is 1.41. The van der Waals surface area contributed by atoms with Crippen LogP contribution in [0.4, 0.5) is 28.3 Å². The molecule has 0 atom stereocenters. The number of rotatable bonds is 16. The van der Waals surface area contributed by atoms with Gasteiger partial charge >= 0.3 is 0 Å². The van der Waals surface area contributed by atoms with Gasteiger partial charge in [0.1, 0.15) is 11.5 Å². The number of para-hydroxylation sites is 1. The average molecular weight is 848 g/mol. The number of anilines is 5. The molecule has 1 aliphatic heterocycles. The van der Waals surface area contributed by atoms with Gasteiger partial charge in [-0.05, 0) is 83.2 Å². The quantitative estimate of drug-likeness (QED) is 0.0639. The maximum atomic E-state index is 13.6. The number of aryl methyl sites for hydroxylation is 3. The summed E-state index contributed by atoms with van der Waals surface area (Å²) in [4.78, 5) is 88.0. The normalized spacial score (nSPS) is 14.6. The number of nitrogens with one attached hydrogen (secondary N) is 4. The summed E-state index contributed by atoms with van der Waals surface area (Å²) in [6, 6.07) is 10.8. The van der Waals surface area contributed by atoms with Crippen molar-refractivity contribution in [2.24, 2.45) is 0 Å². The molecule has 5 aromatic rings. The minimum atomic E-state index is -0.328. The molecule has 17 heteroatoms. The van der Waals surface area contributed by atoms with Crippen LogP contribution in [-0.2, 0) is 9.59 Å². The lowest BCUT2D eigenvalue weighted by Gasteiger charge is -2.35. The first kappa shape index (κ1) is 43.0. The number of thiazole rings is 1. The molecule has 16 nitrogen and oxygen atoms in total. The molecule has 1 saturated heterocycles. The van der Waals surface area contributed by atoms with Crippen LogP contribution in [0.5, 0.6) is 0 Å². The summed E-state index contributed by atoms with van der Waals surface area (Å²) in [6.45, 7) is 10.9. The van der Waals surface area contributed by atoms with E-state index in [1.807, 2.05) is 26.0 Å². The third kappa shape index (κ3) is 10.5. The molecule has 7 rings (SSSR count). The van der Waals surface area contributed by atoms with Crippen LogP contribution in [0, 0.1) is 20.8 Å². The van der Waals surface area contributed by atoms with Crippen LogP contribution in [0.1, 0.15) is 101 Å². The lowest BCUT2D eigenvalue weighted by Crippen LogP contribution is -2.49. The van der Waals surface area contributed by atoms with E-state index in [1.54, 1.807) is 48.1 Å². The Labute approximate surface area is 358 Å². The standard InChI is InChI=1S/C44H53N11O5S/c1-27-34-25-47-43(51-40(34)55(31-12-7-8-13-31)42(60)39(27)29(3)56)50-36-18-17-32(24-46-36)54-22-20-53(21-23-54)26-38(58)45-19-11-5-6-16-37(57)49-35-15-10-9-14-33(35)41(59)52-44-48-28(2)30(4)61-44/h9-10,14-15,17-18,24-25,31H,5-8,11-13,16,19-23,26H2,1-4H3,(H,45,58)(H,49,57)(H,48,52,59)(H,46,47,50,51). The number of benzene rings is 1. The van der Waals surface area contributed by atoms with Crippen molar-refractivity contribution in [3.8, 4) is 0 Å². The lowest BCUT2D eigenvalue weighted by atomic mass is 10.0. The molecular formula is C44H53N11O5S. The molecule has 0 spiro atoms. The van der Waals surface area contributed by atoms with E-state index < -0.39 is 0 Å². The molecule has 1 saturated carbocycles. The van der Waals surface area contributed by atoms with Gasteiger partial charge in [-0.15, -0.1) is 11.3 Å². The van der Waals surface area contributed by atoms with Crippen LogP contribution in [-0.4, -0.2) is 92.2 Å². The summed E-state index contributed by atoms with van der Waals surface area (Å²) in [5.41, 5.74) is 3.71. The van der Waals surface area contributed by atoms with Crippen LogP contribution in [0.15, 0.2) is 53.6 Å². The highest BCUT2D eigenvalue weighted by Crippen LogP contribution is 2.32. The minimum Gasteiger partial charge on any atom is -0.368 e. The van der Waals surface area contributed by atoms with Crippen molar-refractivity contribution < 1.29 is 19.2 Å². The number of nitrogens with zero attached hydrogens (tertiary/aromatic N) is 7. The number of carbonyl (C=O) groups excluding carboxylic acids is 4. The van der Waals surface area contributed by atoms with E-state index in [0.29, 0.717) is 70.7 Å². The number of aromatic nitrogens is 5. The van der Waals surface area contributed by atoms with Crippen molar-refractivity contribution in [1.82, 2.24) is 34.7 Å². The first-order valence-corrected chi connectivity index (χ1v) is 21.8. The van der Waals surface area contributed by atoms with Crippen LogP contribution in [0.2, 0.25) is 0 Å². The Morgan fingerprint density at radius 1 is 0.852 bits per heavy atom. The largest absolute Gasteiger partial charge is 0.368 e. The fourth-order valence-corrected chi connectivity index (χ4v) is 8.81. The molecule has 61 heavy (non-hydrogen) atoms. The number of pyridine rings is 2. The molecule has 320 valence electrons. The molecule has 4 N–H and O–H groups in total. The van der Waals surface area contributed by atoms with E-state index in [-0.39, 0.29) is 40.7 Å². The van der Waals surface area contributed by atoms with Gasteiger partial charge < -0.3 is 20.9 Å². The van der Waals surface area contributed by atoms with Gasteiger partial charge in [-0.1, -0.05) is 31.4 Å². The van der Waals surface area contributed by atoms with Gasteiger partial charge in [-0.25, -0.2) is 15.0 Å². The van der Waals surface area contributed by atoms with E-state index in [9.17, 15) is 24.0 Å². The fraction of sp³-hybridized carbons (Fsp3) is 0.432. The van der Waals surface area contributed by atoms with Gasteiger partial charge in [0.15, 0.2) is 10.9 Å². The number of unbranched alkanes of at least 4 members (excludes halogenated alkanes) is 2. The van der Waals surface area contributed by atoms with Gasteiger partial charge in [0, 0.05) is 61.6 Å². The zero-order chi connectivity index (χ0) is 43.0. The molecule has 1 aromatic carbocycles. The maximum Gasteiger partial charge on any atom is 0.263 e. The molecule has 2 aliphatic rings. The number of hydrogen-bond acceptors (Lipinski definition) is 13. The van der Waals surface area contributed by atoms with Crippen molar-refractivity contribution in [2.75, 3.05) is 60.1 Å². The fourth-order valence-electron chi connectivity index (χ4n) is 8.00. The Bertz CT molecular complexity index is 2450. The Hall–Kier alpha value is -6.07. The molecular weight excluding hydrogens is 795 g/mol. The van der Waals surface area contributed by atoms with Gasteiger partial charge in [-0.2, -0.15) is 4.98 Å². The van der Waals surface area contributed by atoms with Crippen LogP contribution in [0.3, 0.4) is 0 Å². The highest BCUT2D eigenvalue weighted by Gasteiger charge is 2.26. The topological polar surface area (TPSA) is 196 Å². The second kappa shape index (κ2) is 19.5. The highest BCUT2D eigenvalue weighted by atomic mass is 32.1. The summed E-state index contributed by atoms with van der Waals surface area (Å²) in [7, 11) is 0. The summed E-state index contributed by atoms with van der Waals surface area (Å²) < 4.78 is 1.70. The first-order valence-electron chi connectivity index (χ1n) is 21.0. The van der Waals surface area contributed by atoms with Crippen molar-refractivity contribution >= 4 is 74.1 Å². The molecule has 5 heterocycles.